The predicted molar refractivity (Wildman–Crippen MR) is 76.3 cm³/mol. The van der Waals surface area contributed by atoms with Gasteiger partial charge in [-0.3, -0.25) is 5.41 Å². The maximum Gasteiger partial charge on any atom is 0.106 e. The Morgan fingerprint density at radius 3 is 2.17 bits per heavy atom. The molecule has 0 spiro atoms. The minimum Gasteiger partial charge on any atom is -0.387 e. The monoisotopic (exact) mass is 258 g/mol. The molecular formula is C15H15ClN2. The molecule has 1 unspecified atom stereocenters. The SMILES string of the molecule is CC(C(=N)N)(c1ccccc1)c1ccccc1Cl. The largest absolute Gasteiger partial charge is 0.387 e. The molecule has 0 saturated carbocycles. The van der Waals surface area contributed by atoms with Gasteiger partial charge < -0.3 is 5.73 Å². The van der Waals surface area contributed by atoms with Gasteiger partial charge in [-0.1, -0.05) is 60.1 Å². The summed E-state index contributed by atoms with van der Waals surface area (Å²) < 4.78 is 0. The van der Waals surface area contributed by atoms with Crippen LogP contribution in [0.4, 0.5) is 0 Å². The summed E-state index contributed by atoms with van der Waals surface area (Å²) in [6.45, 7) is 1.92. The van der Waals surface area contributed by atoms with Crippen LogP contribution in [-0.4, -0.2) is 5.84 Å². The van der Waals surface area contributed by atoms with Crippen molar-refractivity contribution in [3.8, 4) is 0 Å². The van der Waals surface area contributed by atoms with E-state index in [1.54, 1.807) is 0 Å². The second-order valence-electron chi connectivity index (χ2n) is 4.38. The highest BCUT2D eigenvalue weighted by molar-refractivity contribution is 6.31. The lowest BCUT2D eigenvalue weighted by Crippen LogP contribution is -2.39. The topological polar surface area (TPSA) is 49.9 Å². The molecule has 2 nitrogen and oxygen atoms in total. The van der Waals surface area contributed by atoms with Gasteiger partial charge in [-0.2, -0.15) is 0 Å². The Balaban J connectivity index is 2.67. The van der Waals surface area contributed by atoms with Gasteiger partial charge in [0.25, 0.3) is 0 Å². The molecule has 1 atom stereocenters. The molecule has 0 aliphatic heterocycles. The average molecular weight is 259 g/mol. The fraction of sp³-hybridized carbons (Fsp3) is 0.133. The Morgan fingerprint density at radius 1 is 1.06 bits per heavy atom. The average Bonchev–Trinajstić information content (AvgIpc) is 2.39. The summed E-state index contributed by atoms with van der Waals surface area (Å²) in [6, 6.07) is 17.3. The highest BCUT2D eigenvalue weighted by Crippen LogP contribution is 2.35. The molecular weight excluding hydrogens is 244 g/mol. The van der Waals surface area contributed by atoms with E-state index in [4.69, 9.17) is 22.7 Å². The Morgan fingerprint density at radius 2 is 1.61 bits per heavy atom. The number of nitrogens with two attached hydrogens (primary N) is 1. The number of benzene rings is 2. The van der Waals surface area contributed by atoms with Crippen LogP contribution in [0.25, 0.3) is 0 Å². The lowest BCUT2D eigenvalue weighted by atomic mass is 9.75. The lowest BCUT2D eigenvalue weighted by molar-refractivity contribution is 0.758. The van der Waals surface area contributed by atoms with Crippen molar-refractivity contribution in [1.82, 2.24) is 0 Å². The van der Waals surface area contributed by atoms with E-state index in [0.29, 0.717) is 5.02 Å². The fourth-order valence-electron chi connectivity index (χ4n) is 2.09. The first-order valence-corrected chi connectivity index (χ1v) is 6.09. The first-order chi connectivity index (χ1) is 8.56. The molecule has 0 aromatic heterocycles. The standard InChI is InChI=1S/C15H15ClN2/c1-15(14(17)18,11-7-3-2-4-8-11)12-9-5-6-10-13(12)16/h2-10H,1H3,(H3,17,18). The number of nitrogens with one attached hydrogen (secondary N) is 1. The molecule has 0 bridgehead atoms. The third kappa shape index (κ3) is 2.00. The van der Waals surface area contributed by atoms with Crippen molar-refractivity contribution in [3.05, 3.63) is 70.7 Å². The van der Waals surface area contributed by atoms with E-state index in [2.05, 4.69) is 0 Å². The van der Waals surface area contributed by atoms with Crippen molar-refractivity contribution < 1.29 is 0 Å². The van der Waals surface area contributed by atoms with Crippen LogP contribution in [0.3, 0.4) is 0 Å². The molecule has 0 saturated heterocycles. The maximum absolute atomic E-state index is 7.94. The van der Waals surface area contributed by atoms with Crippen LogP contribution in [0.1, 0.15) is 18.1 Å². The molecule has 0 aliphatic carbocycles. The van der Waals surface area contributed by atoms with Crippen LogP contribution < -0.4 is 5.73 Å². The van der Waals surface area contributed by atoms with Crippen molar-refractivity contribution in [2.45, 2.75) is 12.3 Å². The Bertz CT molecular complexity index is 566. The molecule has 0 fully saturated rings. The summed E-state index contributed by atoms with van der Waals surface area (Å²) in [5.41, 5.74) is 6.95. The molecule has 0 amide bonds. The van der Waals surface area contributed by atoms with E-state index >= 15 is 0 Å². The molecule has 2 aromatic carbocycles. The zero-order valence-electron chi connectivity index (χ0n) is 10.2. The fourth-order valence-corrected chi connectivity index (χ4v) is 2.42. The summed E-state index contributed by atoms with van der Waals surface area (Å²) >= 11 is 6.25. The van der Waals surface area contributed by atoms with Crippen molar-refractivity contribution in [1.29, 1.82) is 5.41 Å². The van der Waals surface area contributed by atoms with Crippen LogP contribution in [0.15, 0.2) is 54.6 Å². The predicted octanol–water partition coefficient (Wildman–Crippen LogP) is 3.58. The zero-order valence-corrected chi connectivity index (χ0v) is 10.9. The molecule has 3 N–H and O–H groups in total. The number of halogens is 1. The van der Waals surface area contributed by atoms with Crippen LogP contribution >= 0.6 is 11.6 Å². The van der Waals surface area contributed by atoms with Crippen LogP contribution in [-0.2, 0) is 5.41 Å². The molecule has 0 radical (unpaired) electrons. The third-order valence-electron chi connectivity index (χ3n) is 3.30. The minimum atomic E-state index is -0.695. The van der Waals surface area contributed by atoms with Gasteiger partial charge >= 0.3 is 0 Å². The van der Waals surface area contributed by atoms with E-state index in [0.717, 1.165) is 11.1 Å². The van der Waals surface area contributed by atoms with Gasteiger partial charge in [-0.25, -0.2) is 0 Å². The first-order valence-electron chi connectivity index (χ1n) is 5.72. The van der Waals surface area contributed by atoms with Crippen molar-refractivity contribution in [2.75, 3.05) is 0 Å². The quantitative estimate of drug-likeness (QED) is 0.642. The van der Waals surface area contributed by atoms with E-state index in [-0.39, 0.29) is 5.84 Å². The highest BCUT2D eigenvalue weighted by Gasteiger charge is 2.33. The Hall–Kier alpha value is -1.80. The molecule has 0 heterocycles. The number of rotatable bonds is 3. The van der Waals surface area contributed by atoms with Crippen molar-refractivity contribution in [2.24, 2.45) is 5.73 Å². The molecule has 0 aliphatic rings. The Kier molecular flexibility index (Phi) is 3.39. The van der Waals surface area contributed by atoms with Crippen LogP contribution in [0, 0.1) is 5.41 Å². The van der Waals surface area contributed by atoms with Gasteiger partial charge in [0.05, 0.1) is 5.41 Å². The van der Waals surface area contributed by atoms with E-state index in [9.17, 15) is 0 Å². The number of amidine groups is 1. The maximum atomic E-state index is 7.94. The van der Waals surface area contributed by atoms with E-state index in [1.165, 1.54) is 0 Å². The molecule has 18 heavy (non-hydrogen) atoms. The first kappa shape index (κ1) is 12.7. The van der Waals surface area contributed by atoms with Crippen LogP contribution in [0.5, 0.6) is 0 Å². The third-order valence-corrected chi connectivity index (χ3v) is 3.63. The summed E-state index contributed by atoms with van der Waals surface area (Å²) in [7, 11) is 0. The second-order valence-corrected chi connectivity index (χ2v) is 4.79. The molecule has 92 valence electrons. The van der Waals surface area contributed by atoms with E-state index in [1.807, 2.05) is 61.5 Å². The van der Waals surface area contributed by atoms with Gasteiger partial charge in [-0.15, -0.1) is 0 Å². The van der Waals surface area contributed by atoms with Crippen molar-refractivity contribution in [3.63, 3.8) is 0 Å². The normalized spacial score (nSPS) is 13.9. The van der Waals surface area contributed by atoms with Gasteiger partial charge in [0.1, 0.15) is 5.84 Å². The zero-order chi connectivity index (χ0) is 13.2. The molecule has 2 rings (SSSR count). The van der Waals surface area contributed by atoms with Crippen molar-refractivity contribution >= 4 is 17.4 Å². The summed E-state index contributed by atoms with van der Waals surface area (Å²) in [4.78, 5) is 0. The van der Waals surface area contributed by atoms with Crippen LogP contribution in [0.2, 0.25) is 5.02 Å². The molecule has 2 aromatic rings. The van der Waals surface area contributed by atoms with Gasteiger partial charge in [0.15, 0.2) is 0 Å². The van der Waals surface area contributed by atoms with E-state index < -0.39 is 5.41 Å². The van der Waals surface area contributed by atoms with Gasteiger partial charge in [0.2, 0.25) is 0 Å². The molecule has 3 heteroatoms. The minimum absolute atomic E-state index is 0.0850. The lowest BCUT2D eigenvalue weighted by Gasteiger charge is -2.30. The smallest absolute Gasteiger partial charge is 0.106 e. The Labute approximate surface area is 112 Å². The van der Waals surface area contributed by atoms with Gasteiger partial charge in [0, 0.05) is 5.02 Å². The highest BCUT2D eigenvalue weighted by atomic mass is 35.5. The summed E-state index contributed by atoms with van der Waals surface area (Å²) in [5.74, 6) is 0.0850. The second kappa shape index (κ2) is 4.83. The summed E-state index contributed by atoms with van der Waals surface area (Å²) in [5, 5.41) is 8.56. The number of hydrogen-bond acceptors (Lipinski definition) is 1. The number of hydrogen-bond donors (Lipinski definition) is 2. The van der Waals surface area contributed by atoms with Gasteiger partial charge in [-0.05, 0) is 24.1 Å². The summed E-state index contributed by atoms with van der Waals surface area (Å²) in [6.07, 6.45) is 0.